The van der Waals surface area contributed by atoms with Gasteiger partial charge in [0.15, 0.2) is 5.82 Å². The molecule has 3 N–H and O–H groups in total. The van der Waals surface area contributed by atoms with Crippen molar-refractivity contribution in [2.75, 3.05) is 33.0 Å². The van der Waals surface area contributed by atoms with E-state index in [0.717, 1.165) is 42.0 Å². The Morgan fingerprint density at radius 2 is 1.98 bits per heavy atom. The number of alkyl carbamates (subject to hydrolysis) is 1. The van der Waals surface area contributed by atoms with E-state index in [0.29, 0.717) is 41.7 Å². The Morgan fingerprint density at radius 1 is 1.22 bits per heavy atom. The number of nitrogens with zero attached hydrogens (tertiary/aromatic N) is 5. The Kier molecular flexibility index (Phi) is 7.72. The van der Waals surface area contributed by atoms with Crippen LogP contribution in [0.5, 0.6) is 5.75 Å². The van der Waals surface area contributed by atoms with Gasteiger partial charge < -0.3 is 34.6 Å². The number of anilines is 1. The Balaban J connectivity index is 1.45. The highest BCUT2D eigenvalue weighted by Gasteiger charge is 2.30. The van der Waals surface area contributed by atoms with Crippen LogP contribution in [0.25, 0.3) is 22.6 Å². The molecule has 1 aliphatic carbocycles. The number of imidazole rings is 1. The Bertz CT molecular complexity index is 1490. The monoisotopic (exact) mass is 563 g/mol. The number of fused-ring (bicyclic) bond motifs is 1. The van der Waals surface area contributed by atoms with Gasteiger partial charge in [0, 0.05) is 57.1 Å². The van der Waals surface area contributed by atoms with Gasteiger partial charge in [-0.1, -0.05) is 0 Å². The standard InChI is InChI=1S/C30H41N7O4/c1-30(2,3)41-29(39)33-21-8-7-11-36(17-21)28(38)19-12-22-25(24(14-19)40-6)35(5)27(34-22)23-13-20(15-32-4)26(31)37(23)16-18-9-10-18/h12-15,18,21H,7-11,16-17,31H2,1-6H3,(H,33,39)/t21-/m1/s1. The number of carbonyl (C=O) groups is 2. The molecule has 3 aromatic rings. The number of hydrogen-bond acceptors (Lipinski definition) is 7. The highest BCUT2D eigenvalue weighted by molar-refractivity contribution is 6.00. The van der Waals surface area contributed by atoms with Gasteiger partial charge in [0.2, 0.25) is 0 Å². The van der Waals surface area contributed by atoms with E-state index in [9.17, 15) is 9.59 Å². The highest BCUT2D eigenvalue weighted by atomic mass is 16.6. The molecule has 1 aromatic carbocycles. The quantitative estimate of drug-likeness (QED) is 0.414. The van der Waals surface area contributed by atoms with Crippen molar-refractivity contribution < 1.29 is 19.1 Å². The number of ether oxygens (including phenoxy) is 2. The van der Waals surface area contributed by atoms with Gasteiger partial charge in [0.25, 0.3) is 5.91 Å². The zero-order valence-electron chi connectivity index (χ0n) is 24.9. The van der Waals surface area contributed by atoms with E-state index in [1.54, 1.807) is 31.3 Å². The summed E-state index contributed by atoms with van der Waals surface area (Å²) in [5, 5.41) is 2.91. The van der Waals surface area contributed by atoms with E-state index in [-0.39, 0.29) is 11.9 Å². The lowest BCUT2D eigenvalue weighted by atomic mass is 10.0. The van der Waals surface area contributed by atoms with Crippen LogP contribution >= 0.6 is 0 Å². The molecule has 2 aliphatic rings. The number of benzene rings is 1. The number of aliphatic imine (C=N–C) groups is 1. The summed E-state index contributed by atoms with van der Waals surface area (Å²) in [6.07, 6.45) is 5.25. The number of carbonyl (C=O) groups excluding carboxylic acids is 2. The zero-order valence-corrected chi connectivity index (χ0v) is 24.9. The fourth-order valence-electron chi connectivity index (χ4n) is 5.52. The number of nitrogens with one attached hydrogen (secondary N) is 1. The Morgan fingerprint density at radius 3 is 2.63 bits per heavy atom. The minimum atomic E-state index is -0.585. The summed E-state index contributed by atoms with van der Waals surface area (Å²) in [5.74, 6) is 2.46. The number of amides is 2. The lowest BCUT2D eigenvalue weighted by molar-refractivity contribution is 0.0452. The molecule has 3 heterocycles. The van der Waals surface area contributed by atoms with E-state index in [4.69, 9.17) is 20.2 Å². The Hall–Kier alpha value is -4.02. The summed E-state index contributed by atoms with van der Waals surface area (Å²) in [5.41, 5.74) is 9.68. The first-order valence-corrected chi connectivity index (χ1v) is 14.2. The average molecular weight is 564 g/mol. The van der Waals surface area contributed by atoms with Gasteiger partial charge in [0.1, 0.15) is 22.7 Å². The normalized spacial score (nSPS) is 17.8. The van der Waals surface area contributed by atoms with E-state index in [2.05, 4.69) is 14.9 Å². The minimum Gasteiger partial charge on any atom is -0.494 e. The summed E-state index contributed by atoms with van der Waals surface area (Å²) in [6, 6.07) is 5.44. The van der Waals surface area contributed by atoms with Crippen molar-refractivity contribution in [2.24, 2.45) is 18.0 Å². The van der Waals surface area contributed by atoms with Gasteiger partial charge in [-0.25, -0.2) is 9.78 Å². The van der Waals surface area contributed by atoms with E-state index in [1.807, 2.05) is 44.5 Å². The van der Waals surface area contributed by atoms with Gasteiger partial charge in [-0.15, -0.1) is 0 Å². The summed E-state index contributed by atoms with van der Waals surface area (Å²) >= 11 is 0. The van der Waals surface area contributed by atoms with Crippen molar-refractivity contribution in [2.45, 2.75) is 64.6 Å². The third kappa shape index (κ3) is 6.03. The molecule has 0 bridgehead atoms. The topological polar surface area (TPSA) is 129 Å². The lowest BCUT2D eigenvalue weighted by Crippen LogP contribution is -2.50. The number of nitrogens with two attached hydrogens (primary N) is 1. The first kappa shape index (κ1) is 28.5. The summed E-state index contributed by atoms with van der Waals surface area (Å²) in [7, 11) is 5.28. The van der Waals surface area contributed by atoms with Crippen LogP contribution in [0.2, 0.25) is 0 Å². The van der Waals surface area contributed by atoms with Crippen LogP contribution in [-0.2, 0) is 18.3 Å². The van der Waals surface area contributed by atoms with Crippen molar-refractivity contribution in [3.8, 4) is 17.3 Å². The molecular formula is C30H41N7O4. The molecule has 11 heteroatoms. The molecule has 11 nitrogen and oxygen atoms in total. The van der Waals surface area contributed by atoms with Crippen LogP contribution in [-0.4, -0.2) is 76.1 Å². The van der Waals surface area contributed by atoms with Crippen LogP contribution in [0.3, 0.4) is 0 Å². The largest absolute Gasteiger partial charge is 0.494 e. The van der Waals surface area contributed by atoms with Crippen LogP contribution in [0.1, 0.15) is 62.4 Å². The minimum absolute atomic E-state index is 0.129. The number of rotatable bonds is 7. The van der Waals surface area contributed by atoms with Gasteiger partial charge in [0.05, 0.1) is 18.3 Å². The predicted octanol–water partition coefficient (Wildman–Crippen LogP) is 4.22. The summed E-state index contributed by atoms with van der Waals surface area (Å²) < 4.78 is 15.3. The number of methoxy groups -OCH3 is 1. The molecule has 2 amide bonds. The van der Waals surface area contributed by atoms with Crippen molar-refractivity contribution in [1.82, 2.24) is 24.3 Å². The van der Waals surface area contributed by atoms with Gasteiger partial charge >= 0.3 is 6.09 Å². The molecule has 1 saturated carbocycles. The second-order valence-electron chi connectivity index (χ2n) is 12.1. The molecule has 5 rings (SSSR count). The summed E-state index contributed by atoms with van der Waals surface area (Å²) in [4.78, 5) is 36.9. The fourth-order valence-corrected chi connectivity index (χ4v) is 5.52. The predicted molar refractivity (Wildman–Crippen MR) is 160 cm³/mol. The third-order valence-corrected chi connectivity index (χ3v) is 7.64. The van der Waals surface area contributed by atoms with E-state index < -0.39 is 11.7 Å². The zero-order chi connectivity index (χ0) is 29.5. The number of aryl methyl sites for hydroxylation is 1. The molecular weight excluding hydrogens is 522 g/mol. The van der Waals surface area contributed by atoms with E-state index in [1.165, 1.54) is 12.8 Å². The van der Waals surface area contributed by atoms with Crippen molar-refractivity contribution >= 4 is 35.1 Å². The molecule has 0 spiro atoms. The number of piperidine rings is 1. The molecule has 1 atom stereocenters. The van der Waals surface area contributed by atoms with Crippen LogP contribution in [0, 0.1) is 5.92 Å². The van der Waals surface area contributed by atoms with Crippen LogP contribution < -0.4 is 15.8 Å². The molecule has 2 aromatic heterocycles. The Labute approximate surface area is 240 Å². The SMILES string of the molecule is CN=Cc1cc(-c2nc3cc(C(=O)N4CCC[C@@H](NC(=O)OC(C)(C)C)C4)cc(OC)c3n2C)n(CC2CC2)c1N. The summed E-state index contributed by atoms with van der Waals surface area (Å²) in [6.45, 7) is 7.32. The number of nitrogen functional groups attached to an aromatic ring is 1. The van der Waals surface area contributed by atoms with Crippen molar-refractivity contribution in [1.29, 1.82) is 0 Å². The molecule has 220 valence electrons. The van der Waals surface area contributed by atoms with Gasteiger partial charge in [-0.3, -0.25) is 9.79 Å². The maximum absolute atomic E-state index is 13.7. The smallest absolute Gasteiger partial charge is 0.407 e. The lowest BCUT2D eigenvalue weighted by Gasteiger charge is -2.33. The van der Waals surface area contributed by atoms with Crippen molar-refractivity contribution in [3.05, 3.63) is 29.3 Å². The number of hydrogen-bond donors (Lipinski definition) is 2. The molecule has 0 unspecified atom stereocenters. The molecule has 1 aliphatic heterocycles. The fraction of sp³-hybridized carbons (Fsp3) is 0.533. The highest BCUT2D eigenvalue weighted by Crippen LogP contribution is 2.37. The third-order valence-electron chi connectivity index (χ3n) is 7.64. The molecule has 0 radical (unpaired) electrons. The molecule has 2 fully saturated rings. The van der Waals surface area contributed by atoms with Gasteiger partial charge in [-0.05, 0) is 70.6 Å². The first-order valence-electron chi connectivity index (χ1n) is 14.2. The van der Waals surface area contributed by atoms with Crippen LogP contribution in [0.4, 0.5) is 10.6 Å². The maximum Gasteiger partial charge on any atom is 0.407 e. The van der Waals surface area contributed by atoms with Crippen LogP contribution in [0.15, 0.2) is 23.2 Å². The average Bonchev–Trinajstić information content (AvgIpc) is 3.61. The maximum atomic E-state index is 13.7. The second-order valence-corrected chi connectivity index (χ2v) is 12.1. The van der Waals surface area contributed by atoms with Crippen molar-refractivity contribution in [3.63, 3.8) is 0 Å². The van der Waals surface area contributed by atoms with Gasteiger partial charge in [-0.2, -0.15) is 0 Å². The second kappa shape index (κ2) is 11.1. The molecule has 1 saturated heterocycles. The first-order chi connectivity index (χ1) is 19.5. The molecule has 41 heavy (non-hydrogen) atoms. The number of likely N-dealkylation sites (tertiary alicyclic amines) is 1. The van der Waals surface area contributed by atoms with E-state index >= 15 is 0 Å². The number of aromatic nitrogens is 3.